The molecule has 2 aromatic carbocycles. The number of carbonyl (C=O) groups excluding carboxylic acids is 1. The van der Waals surface area contributed by atoms with Gasteiger partial charge in [0.2, 0.25) is 0 Å². The van der Waals surface area contributed by atoms with Crippen molar-refractivity contribution in [2.24, 2.45) is 0 Å². The second-order valence-electron chi connectivity index (χ2n) is 8.47. The average molecular weight is 450 g/mol. The van der Waals surface area contributed by atoms with Gasteiger partial charge in [-0.2, -0.15) is 0 Å². The van der Waals surface area contributed by atoms with E-state index in [0.29, 0.717) is 25.6 Å². The first-order valence-corrected chi connectivity index (χ1v) is 11.0. The fraction of sp³-hybridized carbons (Fsp3) is 0.391. The van der Waals surface area contributed by atoms with Gasteiger partial charge in [-0.1, -0.05) is 30.3 Å². The molecule has 3 aromatic rings. The van der Waals surface area contributed by atoms with Crippen molar-refractivity contribution in [3.05, 3.63) is 60.2 Å². The van der Waals surface area contributed by atoms with Crippen molar-refractivity contribution < 1.29 is 14.3 Å². The van der Waals surface area contributed by atoms with Gasteiger partial charge in [-0.15, -0.1) is 5.10 Å². The number of tetrazole rings is 1. The minimum Gasteiger partial charge on any atom is -0.378 e. The van der Waals surface area contributed by atoms with E-state index < -0.39 is 0 Å². The predicted octanol–water partition coefficient (Wildman–Crippen LogP) is 1.61. The van der Waals surface area contributed by atoms with Crippen LogP contribution in [0.1, 0.15) is 11.6 Å². The lowest BCUT2D eigenvalue weighted by molar-refractivity contribution is 0.0624. The molecule has 33 heavy (non-hydrogen) atoms. The Morgan fingerprint density at radius 1 is 1.06 bits per heavy atom. The molecule has 0 radical (unpaired) electrons. The summed E-state index contributed by atoms with van der Waals surface area (Å²) in [6, 6.07) is 17.2. The van der Waals surface area contributed by atoms with Crippen LogP contribution in [0.2, 0.25) is 0 Å². The van der Waals surface area contributed by atoms with Gasteiger partial charge in [0.25, 0.3) is 0 Å². The quantitative estimate of drug-likeness (QED) is 0.589. The predicted molar refractivity (Wildman–Crippen MR) is 122 cm³/mol. The van der Waals surface area contributed by atoms with Crippen molar-refractivity contribution in [3.63, 3.8) is 0 Å². The van der Waals surface area contributed by atoms with Crippen LogP contribution in [0, 0.1) is 0 Å². The lowest BCUT2D eigenvalue weighted by Gasteiger charge is -2.18. The van der Waals surface area contributed by atoms with Gasteiger partial charge in [-0.25, -0.2) is 9.48 Å². The van der Waals surface area contributed by atoms with Gasteiger partial charge in [-0.3, -0.25) is 0 Å². The third-order valence-corrected chi connectivity index (χ3v) is 6.09. The third kappa shape index (κ3) is 4.39. The fourth-order valence-electron chi connectivity index (χ4n) is 4.33. The molecule has 2 N–H and O–H groups in total. The van der Waals surface area contributed by atoms with E-state index in [9.17, 15) is 4.79 Å². The van der Waals surface area contributed by atoms with E-state index in [4.69, 9.17) is 9.47 Å². The highest BCUT2D eigenvalue weighted by Crippen LogP contribution is 2.35. The number of amides is 2. The Balaban J connectivity index is 1.23. The Bertz CT molecular complexity index is 1090. The Kier molecular flexibility index (Phi) is 5.93. The highest BCUT2D eigenvalue weighted by Gasteiger charge is 2.50. The van der Waals surface area contributed by atoms with Gasteiger partial charge in [0.1, 0.15) is 18.2 Å². The summed E-state index contributed by atoms with van der Waals surface area (Å²) in [6.07, 6.45) is -0.502. The number of urea groups is 1. The summed E-state index contributed by atoms with van der Waals surface area (Å²) in [5.74, 6) is 0.662. The molecule has 0 bridgehead atoms. The number of nitrogens with one attached hydrogen (secondary N) is 2. The zero-order chi connectivity index (χ0) is 22.8. The Morgan fingerprint density at radius 2 is 1.82 bits per heavy atom. The van der Waals surface area contributed by atoms with E-state index in [-0.39, 0.29) is 30.3 Å². The molecule has 4 atom stereocenters. The topological polar surface area (TPSA) is 106 Å². The molecule has 0 spiro atoms. The minimum atomic E-state index is -0.259. The van der Waals surface area contributed by atoms with Crippen LogP contribution in [0.4, 0.5) is 10.5 Å². The number of nitrogens with zero attached hydrogens (tertiary/aromatic N) is 5. The number of ether oxygens (including phenoxy) is 2. The van der Waals surface area contributed by atoms with E-state index in [1.165, 1.54) is 0 Å². The number of hydrogen-bond donors (Lipinski definition) is 2. The summed E-state index contributed by atoms with van der Waals surface area (Å²) in [4.78, 5) is 14.5. The van der Waals surface area contributed by atoms with Gasteiger partial charge in [-0.05, 0) is 40.3 Å². The molecule has 0 aliphatic carbocycles. The number of rotatable bonds is 6. The molecule has 172 valence electrons. The van der Waals surface area contributed by atoms with E-state index >= 15 is 0 Å². The maximum Gasteiger partial charge on any atom is 0.315 e. The summed E-state index contributed by atoms with van der Waals surface area (Å²) in [6.45, 7) is 1.24. The smallest absolute Gasteiger partial charge is 0.315 e. The Morgan fingerprint density at radius 3 is 2.58 bits per heavy atom. The van der Waals surface area contributed by atoms with Gasteiger partial charge in [0.05, 0.1) is 19.3 Å². The number of benzene rings is 2. The van der Waals surface area contributed by atoms with Crippen molar-refractivity contribution in [1.82, 2.24) is 30.8 Å². The summed E-state index contributed by atoms with van der Waals surface area (Å²) in [5.41, 5.74) is 3.05. The SMILES string of the molecule is CN(C)c1ccc(-c2nnnn2C2COC3C(NC(=O)NCc4ccccc4)COC32)cc1. The van der Waals surface area contributed by atoms with Crippen molar-refractivity contribution in [2.45, 2.75) is 30.8 Å². The first-order valence-electron chi connectivity index (χ1n) is 11.0. The molecule has 5 rings (SSSR count). The van der Waals surface area contributed by atoms with E-state index in [0.717, 1.165) is 16.8 Å². The highest BCUT2D eigenvalue weighted by atomic mass is 16.6. The second-order valence-corrected chi connectivity index (χ2v) is 8.47. The zero-order valence-electron chi connectivity index (χ0n) is 18.6. The largest absolute Gasteiger partial charge is 0.378 e. The molecule has 1 aromatic heterocycles. The van der Waals surface area contributed by atoms with E-state index in [1.807, 2.05) is 73.6 Å². The average Bonchev–Trinajstić information content (AvgIpc) is 3.56. The standard InChI is InChI=1S/C23H27N7O3/c1-29(2)17-10-8-16(9-11-17)22-26-27-28-30(22)19-14-33-20-18(13-32-21(19)20)25-23(31)24-12-15-6-4-3-5-7-15/h3-11,18-21H,12-14H2,1-2H3,(H2,24,25,31). The Labute approximate surface area is 191 Å². The van der Waals surface area contributed by atoms with Gasteiger partial charge in [0, 0.05) is 31.9 Å². The van der Waals surface area contributed by atoms with Crippen molar-refractivity contribution in [2.75, 3.05) is 32.2 Å². The summed E-state index contributed by atoms with van der Waals surface area (Å²) in [7, 11) is 4.00. The highest BCUT2D eigenvalue weighted by molar-refractivity contribution is 5.74. The van der Waals surface area contributed by atoms with Crippen LogP contribution in [0.5, 0.6) is 0 Å². The molecule has 2 aliphatic heterocycles. The first kappa shape index (κ1) is 21.4. The summed E-state index contributed by atoms with van der Waals surface area (Å²) < 4.78 is 13.9. The first-order chi connectivity index (χ1) is 16.1. The Hall–Kier alpha value is -3.50. The fourth-order valence-corrected chi connectivity index (χ4v) is 4.33. The number of fused-ring (bicyclic) bond motifs is 1. The molecule has 2 amide bonds. The van der Waals surface area contributed by atoms with Crippen LogP contribution in [-0.2, 0) is 16.0 Å². The zero-order valence-corrected chi connectivity index (χ0v) is 18.6. The maximum absolute atomic E-state index is 12.4. The maximum atomic E-state index is 12.4. The van der Waals surface area contributed by atoms with Crippen LogP contribution in [0.25, 0.3) is 11.4 Å². The molecular formula is C23H27N7O3. The van der Waals surface area contributed by atoms with E-state index in [2.05, 4.69) is 26.2 Å². The molecule has 10 heteroatoms. The van der Waals surface area contributed by atoms with Crippen LogP contribution < -0.4 is 15.5 Å². The third-order valence-electron chi connectivity index (χ3n) is 6.09. The van der Waals surface area contributed by atoms with Crippen LogP contribution in [-0.4, -0.2) is 71.8 Å². The summed E-state index contributed by atoms with van der Waals surface area (Å²) in [5, 5.41) is 18.2. The van der Waals surface area contributed by atoms with Crippen LogP contribution >= 0.6 is 0 Å². The summed E-state index contributed by atoms with van der Waals surface area (Å²) >= 11 is 0. The monoisotopic (exact) mass is 449 g/mol. The van der Waals surface area contributed by atoms with Gasteiger partial charge >= 0.3 is 6.03 Å². The molecule has 2 fully saturated rings. The molecular weight excluding hydrogens is 422 g/mol. The lowest BCUT2D eigenvalue weighted by atomic mass is 10.1. The lowest BCUT2D eigenvalue weighted by Crippen LogP contribution is -2.48. The van der Waals surface area contributed by atoms with Crippen molar-refractivity contribution in [3.8, 4) is 11.4 Å². The van der Waals surface area contributed by atoms with Crippen LogP contribution in [0.15, 0.2) is 54.6 Å². The molecule has 0 saturated carbocycles. The minimum absolute atomic E-state index is 0.173. The molecule has 10 nitrogen and oxygen atoms in total. The van der Waals surface area contributed by atoms with E-state index in [1.54, 1.807) is 4.68 Å². The van der Waals surface area contributed by atoms with Crippen LogP contribution in [0.3, 0.4) is 0 Å². The second kappa shape index (κ2) is 9.16. The van der Waals surface area contributed by atoms with Gasteiger partial charge in [0.15, 0.2) is 5.82 Å². The number of aromatic nitrogens is 4. The number of hydrogen-bond acceptors (Lipinski definition) is 7. The molecule has 4 unspecified atom stereocenters. The number of anilines is 1. The normalized spacial score (nSPS) is 23.8. The van der Waals surface area contributed by atoms with Crippen molar-refractivity contribution in [1.29, 1.82) is 0 Å². The van der Waals surface area contributed by atoms with Crippen molar-refractivity contribution >= 4 is 11.7 Å². The van der Waals surface area contributed by atoms with Gasteiger partial charge < -0.3 is 25.0 Å². The molecule has 2 saturated heterocycles. The molecule has 2 aliphatic rings. The number of carbonyl (C=O) groups is 1. The molecule has 3 heterocycles.